The van der Waals surface area contributed by atoms with Gasteiger partial charge in [-0.1, -0.05) is 0 Å². The van der Waals surface area contributed by atoms with Gasteiger partial charge in [0.05, 0.1) is 53.8 Å². The monoisotopic (exact) mass is 532 g/mol. The van der Waals surface area contributed by atoms with E-state index >= 15 is 0 Å². The van der Waals surface area contributed by atoms with Crippen LogP contribution >= 0.6 is 0 Å². The van der Waals surface area contributed by atoms with Gasteiger partial charge >= 0.3 is 6.18 Å². The van der Waals surface area contributed by atoms with E-state index in [2.05, 4.69) is 15.4 Å². The molecule has 1 aromatic carbocycles. The minimum Gasteiger partial charge on any atom is -0.494 e. The van der Waals surface area contributed by atoms with E-state index in [4.69, 9.17) is 16.0 Å². The fourth-order valence-electron chi connectivity index (χ4n) is 3.91. The molecule has 0 spiro atoms. The van der Waals surface area contributed by atoms with Crippen molar-refractivity contribution in [1.82, 2.24) is 19.7 Å². The van der Waals surface area contributed by atoms with Crippen LogP contribution in [0.1, 0.15) is 38.4 Å². The number of nitrogens with one attached hydrogen (secondary N) is 2. The van der Waals surface area contributed by atoms with Crippen molar-refractivity contribution in [2.24, 2.45) is 12.9 Å². The first-order valence-corrected chi connectivity index (χ1v) is 11.5. The number of carbonyl (C=O) groups excluding carboxylic acids is 1. The number of hydrazine groups is 1. The fourth-order valence-corrected chi connectivity index (χ4v) is 3.91. The first-order valence-electron chi connectivity index (χ1n) is 11.5. The summed E-state index contributed by atoms with van der Waals surface area (Å²) in [5.41, 5.74) is 1.84. The lowest BCUT2D eigenvalue weighted by Crippen LogP contribution is -2.37. The summed E-state index contributed by atoms with van der Waals surface area (Å²) in [5, 5.41) is 16.4. The standard InChI is InChI=1S/C25H31F3N8O2/c1-14-22(36(30)13-20(29)19-11-32-35(5)15(19)2)8-16(10-31-14)24(37)33-21-9-18(25(26,27)28)7-17(12-34(3)4)23(21)38-6/h7-11,29H,12-13,30H2,1-6H3,(H,33,37). The van der Waals surface area contributed by atoms with Gasteiger partial charge in [-0.15, -0.1) is 0 Å². The minimum atomic E-state index is -4.62. The second kappa shape index (κ2) is 11.2. The number of alkyl halides is 3. The molecule has 0 unspecified atom stereocenters. The molecule has 10 nitrogen and oxygen atoms in total. The maximum Gasteiger partial charge on any atom is 0.416 e. The number of aromatic nitrogens is 3. The van der Waals surface area contributed by atoms with Crippen LogP contribution in [0, 0.1) is 19.3 Å². The van der Waals surface area contributed by atoms with E-state index < -0.39 is 17.6 Å². The lowest BCUT2D eigenvalue weighted by atomic mass is 10.1. The number of methoxy groups -OCH3 is 1. The Hall–Kier alpha value is -3.97. The summed E-state index contributed by atoms with van der Waals surface area (Å²) in [7, 11) is 6.52. The number of halogens is 3. The highest BCUT2D eigenvalue weighted by Gasteiger charge is 2.33. The predicted octanol–water partition coefficient (Wildman–Crippen LogP) is 3.52. The number of benzene rings is 1. The molecule has 13 heteroatoms. The van der Waals surface area contributed by atoms with Crippen LogP contribution in [-0.4, -0.2) is 59.0 Å². The summed E-state index contributed by atoms with van der Waals surface area (Å²) in [6.07, 6.45) is -1.74. The minimum absolute atomic E-state index is 0.00940. The zero-order valence-electron chi connectivity index (χ0n) is 22.1. The van der Waals surface area contributed by atoms with E-state index in [0.29, 0.717) is 16.9 Å². The number of aryl methyl sites for hydroxylation is 2. The van der Waals surface area contributed by atoms with Crippen LogP contribution in [0.5, 0.6) is 5.75 Å². The van der Waals surface area contributed by atoms with Gasteiger partial charge in [-0.2, -0.15) is 18.3 Å². The third-order valence-corrected chi connectivity index (χ3v) is 5.95. The number of nitrogens with zero attached hydrogens (tertiary/aromatic N) is 5. The van der Waals surface area contributed by atoms with Crippen molar-refractivity contribution in [3.8, 4) is 5.75 Å². The molecule has 0 aliphatic heterocycles. The Morgan fingerprint density at radius 3 is 2.45 bits per heavy atom. The van der Waals surface area contributed by atoms with Gasteiger partial charge in [0.15, 0.2) is 0 Å². The van der Waals surface area contributed by atoms with Gasteiger partial charge in [0.1, 0.15) is 5.75 Å². The molecule has 0 atom stereocenters. The summed E-state index contributed by atoms with van der Waals surface area (Å²) in [5.74, 6) is 5.67. The van der Waals surface area contributed by atoms with E-state index in [-0.39, 0.29) is 41.4 Å². The molecule has 1 amide bonds. The normalized spacial score (nSPS) is 11.6. The first-order chi connectivity index (χ1) is 17.7. The van der Waals surface area contributed by atoms with Gasteiger partial charge in [0, 0.05) is 36.6 Å². The Labute approximate surface area is 218 Å². The fraction of sp³-hybridized carbons (Fsp3) is 0.360. The largest absolute Gasteiger partial charge is 0.494 e. The number of nitrogens with two attached hydrogens (primary N) is 1. The summed E-state index contributed by atoms with van der Waals surface area (Å²) >= 11 is 0. The number of hydrogen-bond donors (Lipinski definition) is 3. The van der Waals surface area contributed by atoms with Gasteiger partial charge in [-0.3, -0.25) is 14.5 Å². The highest BCUT2D eigenvalue weighted by Crippen LogP contribution is 2.38. The van der Waals surface area contributed by atoms with Crippen molar-refractivity contribution in [1.29, 1.82) is 5.41 Å². The maximum atomic E-state index is 13.6. The molecule has 0 bridgehead atoms. The zero-order valence-corrected chi connectivity index (χ0v) is 22.1. The van der Waals surface area contributed by atoms with Crippen molar-refractivity contribution < 1.29 is 22.7 Å². The van der Waals surface area contributed by atoms with Crippen molar-refractivity contribution in [3.05, 3.63) is 64.2 Å². The van der Waals surface area contributed by atoms with Gasteiger partial charge < -0.3 is 25.4 Å². The summed E-state index contributed by atoms with van der Waals surface area (Å²) in [6, 6.07) is 3.32. The van der Waals surface area contributed by atoms with Crippen LogP contribution in [0.25, 0.3) is 0 Å². The molecule has 3 aromatic rings. The molecular weight excluding hydrogens is 501 g/mol. The van der Waals surface area contributed by atoms with E-state index in [0.717, 1.165) is 17.8 Å². The molecule has 3 rings (SSSR count). The molecule has 38 heavy (non-hydrogen) atoms. The Kier molecular flexibility index (Phi) is 8.42. The molecule has 0 saturated carbocycles. The van der Waals surface area contributed by atoms with Crippen molar-refractivity contribution >= 4 is 23.0 Å². The summed E-state index contributed by atoms with van der Waals surface area (Å²) < 4.78 is 47.8. The predicted molar refractivity (Wildman–Crippen MR) is 139 cm³/mol. The number of hydrogen-bond acceptors (Lipinski definition) is 8. The number of amides is 1. The van der Waals surface area contributed by atoms with Crippen LogP contribution in [-0.2, 0) is 19.8 Å². The van der Waals surface area contributed by atoms with Gasteiger partial charge in [-0.25, -0.2) is 5.84 Å². The van der Waals surface area contributed by atoms with Crippen LogP contribution in [0.4, 0.5) is 24.5 Å². The van der Waals surface area contributed by atoms with E-state index in [1.54, 1.807) is 43.8 Å². The quantitative estimate of drug-likeness (QED) is 0.219. The van der Waals surface area contributed by atoms with E-state index in [1.807, 2.05) is 6.92 Å². The lowest BCUT2D eigenvalue weighted by Gasteiger charge is -2.22. The van der Waals surface area contributed by atoms with Gasteiger partial charge in [-0.05, 0) is 46.1 Å². The second-order valence-corrected chi connectivity index (χ2v) is 9.11. The second-order valence-electron chi connectivity index (χ2n) is 9.11. The third kappa shape index (κ3) is 6.29. The number of ether oxygens (including phenoxy) is 1. The molecule has 2 aromatic heterocycles. The highest BCUT2D eigenvalue weighted by atomic mass is 19.4. The molecule has 0 aliphatic carbocycles. The van der Waals surface area contributed by atoms with Crippen LogP contribution < -0.4 is 20.9 Å². The first kappa shape index (κ1) is 28.6. The van der Waals surface area contributed by atoms with E-state index in [9.17, 15) is 18.0 Å². The Balaban J connectivity index is 1.91. The number of anilines is 2. The van der Waals surface area contributed by atoms with Gasteiger partial charge in [0.2, 0.25) is 0 Å². The Morgan fingerprint density at radius 1 is 1.21 bits per heavy atom. The molecule has 0 saturated heterocycles. The van der Waals surface area contributed by atoms with Crippen molar-refractivity contribution in [2.45, 2.75) is 26.6 Å². The molecule has 0 radical (unpaired) electrons. The van der Waals surface area contributed by atoms with Crippen LogP contribution in [0.3, 0.4) is 0 Å². The highest BCUT2D eigenvalue weighted by molar-refractivity contribution is 6.06. The zero-order chi connectivity index (χ0) is 28.4. The molecule has 204 valence electrons. The molecule has 2 heterocycles. The maximum absolute atomic E-state index is 13.6. The summed E-state index contributed by atoms with van der Waals surface area (Å²) in [6.45, 7) is 3.70. The molecule has 0 aliphatic rings. The number of pyridine rings is 1. The van der Waals surface area contributed by atoms with Crippen molar-refractivity contribution in [2.75, 3.05) is 38.1 Å². The smallest absolute Gasteiger partial charge is 0.416 e. The molecular formula is C25H31F3N8O2. The number of rotatable bonds is 9. The molecule has 4 N–H and O–H groups in total. The van der Waals surface area contributed by atoms with Crippen LogP contribution in [0.2, 0.25) is 0 Å². The SMILES string of the molecule is COc1c(CN(C)C)cc(C(F)(F)F)cc1NC(=O)c1cnc(C)c(N(N)CC(=N)c2cnn(C)c2C)c1. The topological polar surface area (TPSA) is 125 Å². The van der Waals surface area contributed by atoms with E-state index in [1.165, 1.54) is 24.4 Å². The Morgan fingerprint density at radius 2 is 1.89 bits per heavy atom. The average Bonchev–Trinajstić information content (AvgIpc) is 3.16. The van der Waals surface area contributed by atoms with Crippen LogP contribution in [0.15, 0.2) is 30.6 Å². The lowest BCUT2D eigenvalue weighted by molar-refractivity contribution is -0.137. The van der Waals surface area contributed by atoms with Gasteiger partial charge in [0.25, 0.3) is 5.91 Å². The molecule has 0 fully saturated rings. The average molecular weight is 533 g/mol. The summed E-state index contributed by atoms with van der Waals surface area (Å²) in [4.78, 5) is 19.1. The third-order valence-electron chi connectivity index (χ3n) is 5.95. The Bertz CT molecular complexity index is 1350. The number of carbonyl (C=O) groups is 1. The van der Waals surface area contributed by atoms with Crippen molar-refractivity contribution in [3.63, 3.8) is 0 Å².